The quantitative estimate of drug-likeness (QED) is 0.743. The second-order valence-electron chi connectivity index (χ2n) is 3.11. The van der Waals surface area contributed by atoms with Crippen molar-refractivity contribution in [3.63, 3.8) is 0 Å². The van der Waals surface area contributed by atoms with Crippen molar-refractivity contribution in [2.75, 3.05) is 0 Å². The summed E-state index contributed by atoms with van der Waals surface area (Å²) in [5.74, 6) is 0.133. The highest BCUT2D eigenvalue weighted by molar-refractivity contribution is 6.04. The van der Waals surface area contributed by atoms with E-state index in [1.165, 1.54) is 6.20 Å². The van der Waals surface area contributed by atoms with E-state index in [1.54, 1.807) is 17.1 Å². The molecule has 2 aromatic heterocycles. The summed E-state index contributed by atoms with van der Waals surface area (Å²) in [5, 5.41) is 7.56. The zero-order chi connectivity index (χ0) is 10.7. The Morgan fingerprint density at radius 1 is 1.60 bits per heavy atom. The first-order chi connectivity index (χ1) is 7.33. The second-order valence-corrected chi connectivity index (χ2v) is 3.11. The van der Waals surface area contributed by atoms with E-state index in [0.717, 1.165) is 6.42 Å². The Morgan fingerprint density at radius 2 is 2.47 bits per heavy atom. The van der Waals surface area contributed by atoms with E-state index >= 15 is 0 Å². The van der Waals surface area contributed by atoms with Gasteiger partial charge in [0.2, 0.25) is 5.78 Å². The molecule has 0 aromatic carbocycles. The van der Waals surface area contributed by atoms with E-state index in [0.29, 0.717) is 18.1 Å². The summed E-state index contributed by atoms with van der Waals surface area (Å²) in [7, 11) is 0. The van der Waals surface area contributed by atoms with E-state index < -0.39 is 0 Å². The highest BCUT2D eigenvalue weighted by atomic mass is 16.1. The normalized spacial score (nSPS) is 10.5. The second kappa shape index (κ2) is 4.04. The van der Waals surface area contributed by atoms with Gasteiger partial charge in [0.15, 0.2) is 5.82 Å². The van der Waals surface area contributed by atoms with Crippen LogP contribution in [0.3, 0.4) is 0 Å². The zero-order valence-electron chi connectivity index (χ0n) is 8.34. The summed E-state index contributed by atoms with van der Waals surface area (Å²) < 4.78 is 1.59. The molecule has 0 atom stereocenters. The van der Waals surface area contributed by atoms with E-state index in [4.69, 9.17) is 0 Å². The Morgan fingerprint density at radius 3 is 3.13 bits per heavy atom. The van der Waals surface area contributed by atoms with Gasteiger partial charge in [-0.3, -0.25) is 4.79 Å². The van der Waals surface area contributed by atoms with Crippen LogP contribution >= 0.6 is 0 Å². The lowest BCUT2D eigenvalue weighted by molar-refractivity contribution is 0.102. The predicted octanol–water partition coefficient (Wildman–Crippen LogP) is 0.642. The third-order valence-corrected chi connectivity index (χ3v) is 2.00. The van der Waals surface area contributed by atoms with Gasteiger partial charge in [-0.2, -0.15) is 0 Å². The van der Waals surface area contributed by atoms with E-state index in [2.05, 4.69) is 20.3 Å². The van der Waals surface area contributed by atoms with Crippen LogP contribution in [0.2, 0.25) is 0 Å². The van der Waals surface area contributed by atoms with Crippen molar-refractivity contribution in [2.45, 2.75) is 19.9 Å². The molecule has 2 aromatic rings. The summed E-state index contributed by atoms with van der Waals surface area (Å²) >= 11 is 0. The molecule has 78 valence electrons. The van der Waals surface area contributed by atoms with Crippen LogP contribution in [-0.4, -0.2) is 30.7 Å². The van der Waals surface area contributed by atoms with Gasteiger partial charge >= 0.3 is 0 Å². The molecular weight excluding hydrogens is 194 g/mol. The summed E-state index contributed by atoms with van der Waals surface area (Å²) in [6, 6.07) is 0. The topological polar surface area (TPSA) is 76.5 Å². The number of imidazole rings is 1. The molecule has 0 unspecified atom stereocenters. The number of nitrogens with one attached hydrogen (secondary N) is 1. The number of aromatic nitrogens is 5. The molecule has 6 nitrogen and oxygen atoms in total. The maximum absolute atomic E-state index is 11.9. The highest BCUT2D eigenvalue weighted by Crippen LogP contribution is 2.04. The number of H-pyrrole nitrogens is 1. The number of aryl methyl sites for hydroxylation is 1. The molecule has 0 fully saturated rings. The molecule has 0 saturated carbocycles. The van der Waals surface area contributed by atoms with Crippen molar-refractivity contribution in [3.8, 4) is 0 Å². The Labute approximate surface area is 86.3 Å². The molecule has 2 rings (SSSR count). The first-order valence-corrected chi connectivity index (χ1v) is 4.75. The first-order valence-electron chi connectivity index (χ1n) is 4.75. The van der Waals surface area contributed by atoms with Crippen LogP contribution in [0.5, 0.6) is 0 Å². The molecule has 0 bridgehead atoms. The monoisotopic (exact) mass is 205 g/mol. The van der Waals surface area contributed by atoms with Crippen LogP contribution in [0.15, 0.2) is 18.6 Å². The fourth-order valence-electron chi connectivity index (χ4n) is 1.32. The third kappa shape index (κ3) is 1.78. The number of nitrogens with zero attached hydrogens (tertiary/aromatic N) is 4. The van der Waals surface area contributed by atoms with Crippen LogP contribution in [0.25, 0.3) is 0 Å². The minimum atomic E-state index is -0.182. The van der Waals surface area contributed by atoms with Crippen LogP contribution in [-0.2, 0) is 6.54 Å². The Kier molecular flexibility index (Phi) is 2.57. The van der Waals surface area contributed by atoms with E-state index in [1.807, 2.05) is 6.92 Å². The highest BCUT2D eigenvalue weighted by Gasteiger charge is 2.16. The number of carbonyl (C=O) groups is 1. The van der Waals surface area contributed by atoms with Gasteiger partial charge in [-0.15, -0.1) is 5.10 Å². The van der Waals surface area contributed by atoms with Crippen molar-refractivity contribution >= 4 is 5.78 Å². The van der Waals surface area contributed by atoms with Crippen LogP contribution in [0.1, 0.15) is 29.7 Å². The molecule has 0 spiro atoms. The molecule has 1 N–H and O–H groups in total. The van der Waals surface area contributed by atoms with Crippen molar-refractivity contribution in [1.29, 1.82) is 0 Å². The molecule has 15 heavy (non-hydrogen) atoms. The van der Waals surface area contributed by atoms with Gasteiger partial charge in [-0.25, -0.2) is 9.67 Å². The molecule has 0 aliphatic heterocycles. The standard InChI is InChI=1S/C9H11N5O/c1-2-5-14-7(6-12-13-14)8(15)9-10-3-4-11-9/h3-4,6H,2,5H2,1H3,(H,10,11). The summed E-state index contributed by atoms with van der Waals surface area (Å²) in [6.07, 6.45) is 5.52. The molecule has 0 saturated heterocycles. The molecule has 0 aliphatic rings. The van der Waals surface area contributed by atoms with Crippen molar-refractivity contribution in [2.24, 2.45) is 0 Å². The van der Waals surface area contributed by atoms with E-state index in [-0.39, 0.29) is 5.78 Å². The maximum Gasteiger partial charge on any atom is 0.247 e. The molecular formula is C9H11N5O. The first kappa shape index (κ1) is 9.57. The van der Waals surface area contributed by atoms with Crippen molar-refractivity contribution in [1.82, 2.24) is 25.0 Å². The molecule has 0 radical (unpaired) electrons. The zero-order valence-corrected chi connectivity index (χ0v) is 8.34. The minimum absolute atomic E-state index is 0.182. The largest absolute Gasteiger partial charge is 0.342 e. The van der Waals surface area contributed by atoms with Crippen LogP contribution in [0.4, 0.5) is 0 Å². The number of ketones is 1. The maximum atomic E-state index is 11.9. The summed E-state index contributed by atoms with van der Waals surface area (Å²) in [5.41, 5.74) is 0.465. The SMILES string of the molecule is CCCn1nncc1C(=O)c1ncc[nH]1. The van der Waals surface area contributed by atoms with Crippen molar-refractivity contribution < 1.29 is 4.79 Å². The van der Waals surface area contributed by atoms with Gasteiger partial charge in [-0.1, -0.05) is 12.1 Å². The smallest absolute Gasteiger partial charge is 0.247 e. The Bertz CT molecular complexity index is 445. The third-order valence-electron chi connectivity index (χ3n) is 2.00. The fourth-order valence-corrected chi connectivity index (χ4v) is 1.32. The fraction of sp³-hybridized carbons (Fsp3) is 0.333. The van der Waals surface area contributed by atoms with Gasteiger partial charge in [0, 0.05) is 18.9 Å². The summed E-state index contributed by atoms with van der Waals surface area (Å²) in [4.78, 5) is 18.5. The van der Waals surface area contributed by atoms with Gasteiger partial charge in [0.05, 0.1) is 6.20 Å². The summed E-state index contributed by atoms with van der Waals surface area (Å²) in [6.45, 7) is 2.70. The van der Waals surface area contributed by atoms with Gasteiger partial charge < -0.3 is 4.98 Å². The lowest BCUT2D eigenvalue weighted by Gasteiger charge is -2.01. The van der Waals surface area contributed by atoms with Crippen LogP contribution in [0, 0.1) is 0 Å². The van der Waals surface area contributed by atoms with Crippen LogP contribution < -0.4 is 0 Å². The van der Waals surface area contributed by atoms with Crippen molar-refractivity contribution in [3.05, 3.63) is 30.1 Å². The molecule has 0 amide bonds. The average molecular weight is 205 g/mol. The lowest BCUT2D eigenvalue weighted by atomic mass is 10.3. The molecule has 0 aliphatic carbocycles. The number of carbonyl (C=O) groups excluding carboxylic acids is 1. The Hall–Kier alpha value is -1.98. The number of hydrogen-bond acceptors (Lipinski definition) is 4. The van der Waals surface area contributed by atoms with Gasteiger partial charge in [0.1, 0.15) is 5.69 Å². The predicted molar refractivity (Wildman–Crippen MR) is 52.3 cm³/mol. The molecule has 2 heterocycles. The minimum Gasteiger partial charge on any atom is -0.342 e. The molecule has 6 heteroatoms. The number of hydrogen-bond donors (Lipinski definition) is 1. The Balaban J connectivity index is 2.29. The van der Waals surface area contributed by atoms with Gasteiger partial charge in [-0.05, 0) is 6.42 Å². The van der Waals surface area contributed by atoms with Gasteiger partial charge in [0.25, 0.3) is 0 Å². The number of aromatic amines is 1. The number of rotatable bonds is 4. The van der Waals surface area contributed by atoms with E-state index in [9.17, 15) is 4.79 Å². The average Bonchev–Trinajstić information content (AvgIpc) is 2.87. The lowest BCUT2D eigenvalue weighted by Crippen LogP contribution is -2.12.